The van der Waals surface area contributed by atoms with Crippen molar-refractivity contribution in [3.63, 3.8) is 0 Å². The number of amides is 1. The van der Waals surface area contributed by atoms with Crippen molar-refractivity contribution in [2.45, 2.75) is 33.4 Å². The quantitative estimate of drug-likeness (QED) is 0.395. The minimum atomic E-state index is -0.681. The number of benzene rings is 2. The van der Waals surface area contributed by atoms with E-state index in [0.717, 1.165) is 22.7 Å². The molecule has 0 aliphatic carbocycles. The lowest BCUT2D eigenvalue weighted by molar-refractivity contribution is -0.141. The third-order valence-corrected chi connectivity index (χ3v) is 5.87. The van der Waals surface area contributed by atoms with Crippen LogP contribution in [0.15, 0.2) is 54.6 Å². The summed E-state index contributed by atoms with van der Waals surface area (Å²) in [6.07, 6.45) is -0.201. The van der Waals surface area contributed by atoms with Crippen molar-refractivity contribution in [1.29, 1.82) is 0 Å². The number of carbonyl (C=O) groups is 3. The summed E-state index contributed by atoms with van der Waals surface area (Å²) >= 11 is 0. The SMILES string of the molecule is Cc1cccc(C(=O)NCC(=O)OCC(=O)c2cc(C)n(C[C@@H]3COc4ccccc4O3)c2C)c1. The summed E-state index contributed by atoms with van der Waals surface area (Å²) in [5, 5.41) is 2.51. The third-order valence-electron chi connectivity index (χ3n) is 5.87. The average Bonchev–Trinajstić information content (AvgIpc) is 3.14. The predicted octanol–water partition coefficient (Wildman–Crippen LogP) is 3.41. The molecule has 1 atom stereocenters. The highest BCUT2D eigenvalue weighted by Crippen LogP contribution is 2.31. The Hall–Kier alpha value is -4.07. The number of Topliss-reactive ketones (excluding diaryl/α,β-unsaturated/α-hetero) is 1. The molecule has 0 fully saturated rings. The number of hydrogen-bond acceptors (Lipinski definition) is 6. The van der Waals surface area contributed by atoms with Crippen molar-refractivity contribution in [2.75, 3.05) is 19.8 Å². The summed E-state index contributed by atoms with van der Waals surface area (Å²) < 4.78 is 18.9. The zero-order valence-electron chi connectivity index (χ0n) is 20.0. The van der Waals surface area contributed by atoms with Crippen LogP contribution in [0.25, 0.3) is 0 Å². The van der Waals surface area contributed by atoms with Gasteiger partial charge in [0.2, 0.25) is 5.78 Å². The van der Waals surface area contributed by atoms with Gasteiger partial charge in [0.15, 0.2) is 24.2 Å². The maximum atomic E-state index is 12.8. The number of carbonyl (C=O) groups excluding carboxylic acids is 3. The molecule has 1 aromatic heterocycles. The Morgan fingerprint density at radius 3 is 2.57 bits per heavy atom. The normalized spacial score (nSPS) is 14.3. The molecule has 1 aliphatic rings. The van der Waals surface area contributed by atoms with Crippen LogP contribution in [0.1, 0.15) is 37.7 Å². The zero-order chi connectivity index (χ0) is 24.9. The second-order valence-electron chi connectivity index (χ2n) is 8.53. The highest BCUT2D eigenvalue weighted by Gasteiger charge is 2.24. The molecule has 3 aromatic rings. The Morgan fingerprint density at radius 1 is 1.03 bits per heavy atom. The molecule has 0 bridgehead atoms. The summed E-state index contributed by atoms with van der Waals surface area (Å²) in [5.41, 5.74) is 3.54. The molecular weight excluding hydrogens is 448 g/mol. The van der Waals surface area contributed by atoms with Crippen LogP contribution in [0.4, 0.5) is 0 Å². The molecular formula is C27H28N2O6. The van der Waals surface area contributed by atoms with Gasteiger partial charge in [-0.05, 0) is 51.1 Å². The molecule has 1 amide bonds. The van der Waals surface area contributed by atoms with E-state index in [9.17, 15) is 14.4 Å². The number of hydrogen-bond donors (Lipinski definition) is 1. The number of fused-ring (bicyclic) bond motifs is 1. The van der Waals surface area contributed by atoms with Gasteiger partial charge in [0.25, 0.3) is 5.91 Å². The first kappa shape index (κ1) is 24.1. The summed E-state index contributed by atoms with van der Waals surface area (Å²) in [6.45, 7) is 5.84. The number of ether oxygens (including phenoxy) is 3. The maximum absolute atomic E-state index is 12.8. The van der Waals surface area contributed by atoms with Gasteiger partial charge in [-0.2, -0.15) is 0 Å². The highest BCUT2D eigenvalue weighted by atomic mass is 16.6. The Bertz CT molecular complexity index is 1260. The minimum Gasteiger partial charge on any atom is -0.486 e. The van der Waals surface area contributed by atoms with Gasteiger partial charge >= 0.3 is 5.97 Å². The molecule has 8 heteroatoms. The number of para-hydroxylation sites is 2. The monoisotopic (exact) mass is 476 g/mol. The summed E-state index contributed by atoms with van der Waals surface area (Å²) in [6, 6.07) is 16.3. The number of aromatic nitrogens is 1. The lowest BCUT2D eigenvalue weighted by Crippen LogP contribution is -2.33. The molecule has 8 nitrogen and oxygen atoms in total. The molecule has 1 N–H and O–H groups in total. The van der Waals surface area contributed by atoms with E-state index < -0.39 is 12.6 Å². The highest BCUT2D eigenvalue weighted by molar-refractivity contribution is 6.00. The van der Waals surface area contributed by atoms with Crippen LogP contribution in [-0.2, 0) is 16.1 Å². The smallest absolute Gasteiger partial charge is 0.325 e. The molecule has 1 aliphatic heterocycles. The largest absolute Gasteiger partial charge is 0.486 e. The molecule has 2 aromatic carbocycles. The van der Waals surface area contributed by atoms with E-state index in [4.69, 9.17) is 14.2 Å². The van der Waals surface area contributed by atoms with Crippen molar-refractivity contribution in [3.8, 4) is 11.5 Å². The van der Waals surface area contributed by atoms with Gasteiger partial charge in [0.1, 0.15) is 13.2 Å². The molecule has 0 saturated carbocycles. The molecule has 182 valence electrons. The van der Waals surface area contributed by atoms with Crippen LogP contribution < -0.4 is 14.8 Å². The van der Waals surface area contributed by atoms with Crippen molar-refractivity contribution in [3.05, 3.63) is 82.7 Å². The van der Waals surface area contributed by atoms with Gasteiger partial charge in [-0.15, -0.1) is 0 Å². The average molecular weight is 477 g/mol. The van der Waals surface area contributed by atoms with Gasteiger partial charge in [-0.3, -0.25) is 14.4 Å². The fourth-order valence-electron chi connectivity index (χ4n) is 4.04. The van der Waals surface area contributed by atoms with Gasteiger partial charge < -0.3 is 24.1 Å². The van der Waals surface area contributed by atoms with Crippen LogP contribution in [-0.4, -0.2) is 48.1 Å². The second kappa shape index (κ2) is 10.5. The van der Waals surface area contributed by atoms with Crippen molar-refractivity contribution in [2.24, 2.45) is 0 Å². The second-order valence-corrected chi connectivity index (χ2v) is 8.53. The van der Waals surface area contributed by atoms with Crippen LogP contribution in [0.5, 0.6) is 11.5 Å². The molecule has 0 saturated heterocycles. The van der Waals surface area contributed by atoms with E-state index in [0.29, 0.717) is 30.0 Å². The van der Waals surface area contributed by atoms with Crippen LogP contribution in [0.3, 0.4) is 0 Å². The maximum Gasteiger partial charge on any atom is 0.325 e. The number of esters is 1. The van der Waals surface area contributed by atoms with Crippen molar-refractivity contribution >= 4 is 17.7 Å². The van der Waals surface area contributed by atoms with Crippen molar-refractivity contribution < 1.29 is 28.6 Å². The Kier molecular flexibility index (Phi) is 7.19. The summed E-state index contributed by atoms with van der Waals surface area (Å²) in [4.78, 5) is 37.0. The van der Waals surface area contributed by atoms with E-state index in [2.05, 4.69) is 5.32 Å². The van der Waals surface area contributed by atoms with Crippen molar-refractivity contribution in [1.82, 2.24) is 9.88 Å². The van der Waals surface area contributed by atoms with E-state index in [1.54, 1.807) is 24.3 Å². The van der Waals surface area contributed by atoms with E-state index in [-0.39, 0.29) is 24.3 Å². The van der Waals surface area contributed by atoms with Crippen LogP contribution >= 0.6 is 0 Å². The molecule has 0 unspecified atom stereocenters. The Balaban J connectivity index is 1.30. The van der Waals surface area contributed by atoms with Crippen LogP contribution in [0, 0.1) is 20.8 Å². The first-order valence-electron chi connectivity index (χ1n) is 11.4. The molecule has 35 heavy (non-hydrogen) atoms. The number of rotatable bonds is 8. The molecule has 4 rings (SSSR count). The van der Waals surface area contributed by atoms with Gasteiger partial charge in [0, 0.05) is 22.5 Å². The number of aryl methyl sites for hydroxylation is 2. The standard InChI is InChI=1S/C27H28N2O6/c1-17-7-6-8-20(11-17)27(32)28-13-26(31)34-16-23(30)22-12-18(2)29(19(22)3)14-21-15-33-24-9-4-5-10-25(24)35-21/h4-12,21H,13-16H2,1-3H3,(H,28,32)/t21-/m1/s1. The molecule has 0 spiro atoms. The predicted molar refractivity (Wildman–Crippen MR) is 129 cm³/mol. The Labute approximate surface area is 203 Å². The van der Waals surface area contributed by atoms with Crippen LogP contribution in [0.2, 0.25) is 0 Å². The lowest BCUT2D eigenvalue weighted by Gasteiger charge is -2.27. The number of ketones is 1. The third kappa shape index (κ3) is 5.71. The van der Waals surface area contributed by atoms with Gasteiger partial charge in [-0.1, -0.05) is 29.8 Å². The summed E-state index contributed by atoms with van der Waals surface area (Å²) in [7, 11) is 0. The Morgan fingerprint density at radius 2 is 1.80 bits per heavy atom. The topological polar surface area (TPSA) is 95.9 Å². The van der Waals surface area contributed by atoms with Gasteiger partial charge in [-0.25, -0.2) is 0 Å². The number of nitrogens with one attached hydrogen (secondary N) is 1. The number of nitrogens with zero attached hydrogens (tertiary/aromatic N) is 1. The zero-order valence-corrected chi connectivity index (χ0v) is 20.0. The molecule has 2 heterocycles. The minimum absolute atomic E-state index is 0.201. The lowest BCUT2D eigenvalue weighted by atomic mass is 10.1. The fourth-order valence-corrected chi connectivity index (χ4v) is 4.04. The first-order chi connectivity index (χ1) is 16.8. The first-order valence-corrected chi connectivity index (χ1v) is 11.4. The summed E-state index contributed by atoms with van der Waals surface area (Å²) in [5.74, 6) is 0.0480. The van der Waals surface area contributed by atoms with Gasteiger partial charge in [0.05, 0.1) is 6.54 Å². The van der Waals surface area contributed by atoms with E-state index >= 15 is 0 Å². The van der Waals surface area contributed by atoms with E-state index in [1.165, 1.54) is 0 Å². The molecule has 0 radical (unpaired) electrons. The fraction of sp³-hybridized carbons (Fsp3) is 0.296. The van der Waals surface area contributed by atoms with E-state index in [1.807, 2.05) is 55.7 Å².